The SMILES string of the molecule is Cc1ccc(C2=C(N3CC(C)OC(C)C3)C(=O)N(C3CCCCC3)C2=O)c(C)c1. The van der Waals surface area contributed by atoms with Gasteiger partial charge in [-0.05, 0) is 51.7 Å². The lowest BCUT2D eigenvalue weighted by Gasteiger charge is -2.37. The standard InChI is InChI=1S/C24H32N2O3/c1-15-10-11-20(16(2)12-15)21-22(25-13-17(3)29-18(4)14-25)24(28)26(23(21)27)19-8-6-5-7-9-19/h10-12,17-19H,5-9,13-14H2,1-4H3. The molecule has 0 radical (unpaired) electrons. The molecule has 5 heteroatoms. The third kappa shape index (κ3) is 3.73. The Bertz CT molecular complexity index is 844. The fourth-order valence-corrected chi connectivity index (χ4v) is 5.20. The second kappa shape index (κ2) is 7.94. The van der Waals surface area contributed by atoms with Gasteiger partial charge in [-0.25, -0.2) is 0 Å². The maximum atomic E-state index is 13.7. The van der Waals surface area contributed by atoms with E-state index in [0.717, 1.165) is 42.4 Å². The lowest BCUT2D eigenvalue weighted by atomic mass is 9.94. The zero-order valence-corrected chi connectivity index (χ0v) is 18.0. The van der Waals surface area contributed by atoms with E-state index in [1.165, 1.54) is 6.42 Å². The van der Waals surface area contributed by atoms with Gasteiger partial charge in [-0.1, -0.05) is 43.0 Å². The number of carbonyl (C=O) groups excluding carboxylic acids is 2. The molecule has 0 spiro atoms. The molecule has 0 aromatic heterocycles. The van der Waals surface area contributed by atoms with Crippen LogP contribution in [0.4, 0.5) is 0 Å². The Kier molecular flexibility index (Phi) is 5.52. The highest BCUT2D eigenvalue weighted by Crippen LogP contribution is 2.38. The van der Waals surface area contributed by atoms with E-state index in [1.54, 1.807) is 4.90 Å². The summed E-state index contributed by atoms with van der Waals surface area (Å²) in [5, 5.41) is 0. The number of hydrogen-bond acceptors (Lipinski definition) is 4. The summed E-state index contributed by atoms with van der Waals surface area (Å²) in [6.45, 7) is 9.39. The van der Waals surface area contributed by atoms with E-state index in [-0.39, 0.29) is 30.1 Å². The molecule has 0 bridgehead atoms. The van der Waals surface area contributed by atoms with Crippen LogP contribution < -0.4 is 0 Å². The number of imide groups is 1. The Morgan fingerprint density at radius 2 is 1.59 bits per heavy atom. The first-order valence-electron chi connectivity index (χ1n) is 11.0. The summed E-state index contributed by atoms with van der Waals surface area (Å²) >= 11 is 0. The minimum absolute atomic E-state index is 0.0258. The van der Waals surface area contributed by atoms with E-state index >= 15 is 0 Å². The predicted molar refractivity (Wildman–Crippen MR) is 113 cm³/mol. The molecule has 2 aliphatic heterocycles. The van der Waals surface area contributed by atoms with E-state index < -0.39 is 0 Å². The average Bonchev–Trinajstić information content (AvgIpc) is 2.92. The third-order valence-corrected chi connectivity index (χ3v) is 6.42. The van der Waals surface area contributed by atoms with E-state index in [0.29, 0.717) is 24.4 Å². The summed E-state index contributed by atoms with van der Waals surface area (Å²) in [6, 6.07) is 6.14. The van der Waals surface area contributed by atoms with Crippen molar-refractivity contribution in [3.05, 3.63) is 40.6 Å². The van der Waals surface area contributed by atoms with Gasteiger partial charge < -0.3 is 9.64 Å². The quantitative estimate of drug-likeness (QED) is 0.729. The number of nitrogens with zero attached hydrogens (tertiary/aromatic N) is 2. The van der Waals surface area contributed by atoms with Crippen LogP contribution in [0.2, 0.25) is 0 Å². The lowest BCUT2D eigenvalue weighted by Crippen LogP contribution is -2.48. The van der Waals surface area contributed by atoms with Crippen molar-refractivity contribution in [2.75, 3.05) is 13.1 Å². The summed E-state index contributed by atoms with van der Waals surface area (Å²) in [4.78, 5) is 31.0. The van der Waals surface area contributed by atoms with Crippen molar-refractivity contribution in [3.8, 4) is 0 Å². The maximum Gasteiger partial charge on any atom is 0.278 e. The van der Waals surface area contributed by atoms with Gasteiger partial charge in [-0.3, -0.25) is 14.5 Å². The molecular weight excluding hydrogens is 364 g/mol. The molecule has 2 atom stereocenters. The molecule has 1 saturated heterocycles. The highest BCUT2D eigenvalue weighted by Gasteiger charge is 2.46. The van der Waals surface area contributed by atoms with Crippen molar-refractivity contribution in [2.45, 2.75) is 78.0 Å². The molecule has 29 heavy (non-hydrogen) atoms. The smallest absolute Gasteiger partial charge is 0.278 e. The van der Waals surface area contributed by atoms with Crippen LogP contribution in [0.15, 0.2) is 23.9 Å². The molecule has 2 fully saturated rings. The van der Waals surface area contributed by atoms with E-state index in [9.17, 15) is 9.59 Å². The maximum absolute atomic E-state index is 13.7. The molecule has 1 aromatic carbocycles. The van der Waals surface area contributed by atoms with Crippen molar-refractivity contribution in [3.63, 3.8) is 0 Å². The molecule has 1 aromatic rings. The zero-order chi connectivity index (χ0) is 20.7. The number of carbonyl (C=O) groups is 2. The van der Waals surface area contributed by atoms with Gasteiger partial charge in [0.1, 0.15) is 5.70 Å². The van der Waals surface area contributed by atoms with Crippen LogP contribution in [-0.2, 0) is 14.3 Å². The van der Waals surface area contributed by atoms with E-state index in [2.05, 4.69) is 11.0 Å². The minimum atomic E-state index is -0.115. The molecule has 2 heterocycles. The van der Waals surface area contributed by atoms with Gasteiger partial charge in [-0.15, -0.1) is 0 Å². The van der Waals surface area contributed by atoms with Crippen molar-refractivity contribution >= 4 is 17.4 Å². The molecule has 2 amide bonds. The number of aryl methyl sites for hydroxylation is 2. The summed E-state index contributed by atoms with van der Waals surface area (Å²) in [7, 11) is 0. The molecular formula is C24H32N2O3. The van der Waals surface area contributed by atoms with Crippen molar-refractivity contribution in [1.29, 1.82) is 0 Å². The molecule has 1 saturated carbocycles. The van der Waals surface area contributed by atoms with Crippen molar-refractivity contribution in [2.24, 2.45) is 0 Å². The van der Waals surface area contributed by atoms with Gasteiger partial charge in [0.15, 0.2) is 0 Å². The summed E-state index contributed by atoms with van der Waals surface area (Å²) in [5.41, 5.74) is 4.24. The van der Waals surface area contributed by atoms with Crippen LogP contribution in [-0.4, -0.2) is 53.0 Å². The second-order valence-corrected chi connectivity index (χ2v) is 8.98. The van der Waals surface area contributed by atoms with Crippen LogP contribution in [0.25, 0.3) is 5.57 Å². The first kappa shape index (κ1) is 20.1. The van der Waals surface area contributed by atoms with Crippen LogP contribution in [0, 0.1) is 13.8 Å². The van der Waals surface area contributed by atoms with E-state index in [1.807, 2.05) is 39.8 Å². The summed E-state index contributed by atoms with van der Waals surface area (Å²) in [5.74, 6) is -0.228. The largest absolute Gasteiger partial charge is 0.372 e. The Hall–Kier alpha value is -2.14. The Morgan fingerprint density at radius 3 is 2.21 bits per heavy atom. The molecule has 156 valence electrons. The zero-order valence-electron chi connectivity index (χ0n) is 18.0. The highest BCUT2D eigenvalue weighted by molar-refractivity contribution is 6.36. The fourth-order valence-electron chi connectivity index (χ4n) is 5.20. The van der Waals surface area contributed by atoms with E-state index in [4.69, 9.17) is 4.74 Å². The highest BCUT2D eigenvalue weighted by atomic mass is 16.5. The number of rotatable bonds is 3. The third-order valence-electron chi connectivity index (χ3n) is 6.42. The van der Waals surface area contributed by atoms with Gasteiger partial charge in [-0.2, -0.15) is 0 Å². The summed E-state index contributed by atoms with van der Waals surface area (Å²) in [6.07, 6.45) is 5.25. The topological polar surface area (TPSA) is 49.9 Å². The molecule has 4 rings (SSSR count). The number of amides is 2. The van der Waals surface area contributed by atoms with Crippen LogP contribution in [0.3, 0.4) is 0 Å². The van der Waals surface area contributed by atoms with Gasteiger partial charge in [0.2, 0.25) is 0 Å². The number of ether oxygens (including phenoxy) is 1. The van der Waals surface area contributed by atoms with Crippen molar-refractivity contribution in [1.82, 2.24) is 9.80 Å². The van der Waals surface area contributed by atoms with Gasteiger partial charge >= 0.3 is 0 Å². The number of hydrogen-bond donors (Lipinski definition) is 0. The predicted octanol–water partition coefficient (Wildman–Crippen LogP) is 3.83. The van der Waals surface area contributed by atoms with Gasteiger partial charge in [0.05, 0.1) is 17.8 Å². The number of benzene rings is 1. The molecule has 2 unspecified atom stereocenters. The monoisotopic (exact) mass is 396 g/mol. The molecule has 5 nitrogen and oxygen atoms in total. The van der Waals surface area contributed by atoms with Crippen molar-refractivity contribution < 1.29 is 14.3 Å². The molecule has 1 aliphatic carbocycles. The van der Waals surface area contributed by atoms with Gasteiger partial charge in [0, 0.05) is 19.1 Å². The summed E-state index contributed by atoms with van der Waals surface area (Å²) < 4.78 is 5.89. The first-order chi connectivity index (χ1) is 13.9. The van der Waals surface area contributed by atoms with Gasteiger partial charge in [0.25, 0.3) is 11.8 Å². The molecule has 3 aliphatic rings. The average molecular weight is 397 g/mol. The van der Waals surface area contributed by atoms with Crippen LogP contribution in [0.5, 0.6) is 0 Å². The molecule has 0 N–H and O–H groups in total. The normalized spacial score (nSPS) is 26.6. The Morgan fingerprint density at radius 1 is 0.931 bits per heavy atom. The first-order valence-corrected chi connectivity index (χ1v) is 11.0. The Labute approximate surface area is 173 Å². The van der Waals surface area contributed by atoms with Crippen LogP contribution in [0.1, 0.15) is 62.6 Å². The minimum Gasteiger partial charge on any atom is -0.372 e. The second-order valence-electron chi connectivity index (χ2n) is 8.98. The van der Waals surface area contributed by atoms with Crippen LogP contribution >= 0.6 is 0 Å². The fraction of sp³-hybridized carbons (Fsp3) is 0.583. The number of morpholine rings is 1. The Balaban J connectivity index is 1.80. The lowest BCUT2D eigenvalue weighted by molar-refractivity contribution is -0.141.